The molecule has 110 valence electrons. The van der Waals surface area contributed by atoms with Crippen molar-refractivity contribution in [1.82, 2.24) is 5.32 Å². The molecular weight excluding hydrogens is 266 g/mol. The van der Waals surface area contributed by atoms with Crippen LogP contribution in [0.2, 0.25) is 0 Å². The molecule has 0 radical (unpaired) electrons. The second-order valence-corrected chi connectivity index (χ2v) is 5.31. The molecule has 1 fully saturated rings. The fourth-order valence-corrected chi connectivity index (χ4v) is 2.86. The number of carbonyl (C=O) groups is 2. The summed E-state index contributed by atoms with van der Waals surface area (Å²) in [5.41, 5.74) is 0.221. The predicted octanol–water partition coefficient (Wildman–Crippen LogP) is 2.95. The largest absolute Gasteiger partial charge is 0.329 e. The lowest BCUT2D eigenvalue weighted by molar-refractivity contribution is -0.122. The fourth-order valence-electron chi connectivity index (χ4n) is 2.86. The van der Waals surface area contributed by atoms with Crippen molar-refractivity contribution in [1.29, 1.82) is 5.26 Å². The van der Waals surface area contributed by atoms with Crippen LogP contribution < -0.4 is 10.2 Å². The Labute approximate surface area is 124 Å². The number of nitrogens with one attached hydrogen (secondary N) is 1. The van der Waals surface area contributed by atoms with Crippen LogP contribution in [0.15, 0.2) is 24.3 Å². The van der Waals surface area contributed by atoms with E-state index < -0.39 is 5.54 Å². The molecule has 0 unspecified atom stereocenters. The van der Waals surface area contributed by atoms with Gasteiger partial charge in [-0.05, 0) is 37.1 Å². The highest BCUT2D eigenvalue weighted by Crippen LogP contribution is 2.31. The third-order valence-electron chi connectivity index (χ3n) is 3.77. The minimum atomic E-state index is -0.783. The van der Waals surface area contributed by atoms with Gasteiger partial charge in [-0.1, -0.05) is 26.7 Å². The highest BCUT2D eigenvalue weighted by atomic mass is 16.2. The number of amides is 3. The Morgan fingerprint density at radius 3 is 2.19 bits per heavy atom. The quantitative estimate of drug-likeness (QED) is 0.845. The summed E-state index contributed by atoms with van der Waals surface area (Å²) in [6, 6.07) is 8.11. The molecule has 0 saturated carbocycles. The average molecular weight is 285 g/mol. The Morgan fingerprint density at radius 1 is 1.14 bits per heavy atom. The minimum Gasteiger partial charge on any atom is -0.323 e. The molecule has 5 heteroatoms. The van der Waals surface area contributed by atoms with Crippen LogP contribution in [0.3, 0.4) is 0 Å². The molecule has 3 amide bonds. The van der Waals surface area contributed by atoms with Crippen LogP contribution in [0, 0.1) is 11.3 Å². The van der Waals surface area contributed by atoms with Crippen molar-refractivity contribution in [3.8, 4) is 6.07 Å². The van der Waals surface area contributed by atoms with Crippen LogP contribution in [0.1, 0.15) is 45.1 Å². The molecule has 1 heterocycles. The molecule has 1 aliphatic heterocycles. The first kappa shape index (κ1) is 15.0. The molecule has 5 nitrogen and oxygen atoms in total. The number of imide groups is 1. The molecule has 0 atom stereocenters. The molecule has 1 saturated heterocycles. The number of benzene rings is 1. The smallest absolute Gasteiger partial charge is 0.323 e. The van der Waals surface area contributed by atoms with E-state index >= 15 is 0 Å². The number of anilines is 1. The van der Waals surface area contributed by atoms with Gasteiger partial charge < -0.3 is 5.32 Å². The molecule has 1 aliphatic rings. The van der Waals surface area contributed by atoms with E-state index in [-0.39, 0.29) is 11.9 Å². The Balaban J connectivity index is 2.34. The SMILES string of the molecule is CCCC1(CCC)NC(=O)N(c2ccc(C#N)cc2)C1=O. The number of hydrogen-bond donors (Lipinski definition) is 1. The van der Waals surface area contributed by atoms with Gasteiger partial charge in [-0.25, -0.2) is 9.69 Å². The Kier molecular flexibility index (Phi) is 4.27. The molecular formula is C16H19N3O2. The summed E-state index contributed by atoms with van der Waals surface area (Å²) in [5.74, 6) is -0.194. The van der Waals surface area contributed by atoms with Gasteiger partial charge in [0.1, 0.15) is 5.54 Å². The van der Waals surface area contributed by atoms with E-state index in [1.54, 1.807) is 24.3 Å². The van der Waals surface area contributed by atoms with Crippen molar-refractivity contribution in [2.75, 3.05) is 4.90 Å². The number of urea groups is 1. The first-order chi connectivity index (χ1) is 10.1. The van der Waals surface area contributed by atoms with Gasteiger partial charge in [-0.3, -0.25) is 4.79 Å². The van der Waals surface area contributed by atoms with Gasteiger partial charge in [0.2, 0.25) is 0 Å². The molecule has 1 N–H and O–H groups in total. The summed E-state index contributed by atoms with van der Waals surface area (Å²) < 4.78 is 0. The third kappa shape index (κ3) is 2.62. The van der Waals surface area contributed by atoms with E-state index in [1.165, 1.54) is 4.90 Å². The maximum absolute atomic E-state index is 12.8. The highest BCUT2D eigenvalue weighted by Gasteiger charge is 2.50. The minimum absolute atomic E-state index is 0.194. The lowest BCUT2D eigenvalue weighted by Gasteiger charge is -2.25. The molecule has 1 aromatic carbocycles. The Bertz CT molecular complexity index is 581. The first-order valence-corrected chi connectivity index (χ1v) is 7.25. The van der Waals surface area contributed by atoms with Crippen molar-refractivity contribution in [2.24, 2.45) is 0 Å². The van der Waals surface area contributed by atoms with Gasteiger partial charge >= 0.3 is 6.03 Å². The number of rotatable bonds is 5. The first-order valence-electron chi connectivity index (χ1n) is 7.25. The number of nitrogens with zero attached hydrogens (tertiary/aromatic N) is 2. The number of carbonyl (C=O) groups excluding carboxylic acids is 2. The zero-order valence-electron chi connectivity index (χ0n) is 12.3. The molecule has 0 spiro atoms. The van der Waals surface area contributed by atoms with E-state index in [2.05, 4.69) is 5.32 Å². The van der Waals surface area contributed by atoms with Crippen LogP contribution >= 0.6 is 0 Å². The summed E-state index contributed by atoms with van der Waals surface area (Å²) >= 11 is 0. The third-order valence-corrected chi connectivity index (χ3v) is 3.77. The second-order valence-electron chi connectivity index (χ2n) is 5.31. The Hall–Kier alpha value is -2.35. The summed E-state index contributed by atoms with van der Waals surface area (Å²) in [7, 11) is 0. The van der Waals surface area contributed by atoms with Crippen LogP contribution in [0.4, 0.5) is 10.5 Å². The lowest BCUT2D eigenvalue weighted by Crippen LogP contribution is -2.46. The predicted molar refractivity (Wildman–Crippen MR) is 79.7 cm³/mol. The van der Waals surface area contributed by atoms with Crippen molar-refractivity contribution in [2.45, 2.75) is 45.1 Å². The van der Waals surface area contributed by atoms with E-state index in [0.29, 0.717) is 24.1 Å². The summed E-state index contributed by atoms with van der Waals surface area (Å²) in [5, 5.41) is 11.7. The summed E-state index contributed by atoms with van der Waals surface area (Å²) in [6.07, 6.45) is 2.93. The van der Waals surface area contributed by atoms with Crippen molar-refractivity contribution >= 4 is 17.6 Å². The summed E-state index contributed by atoms with van der Waals surface area (Å²) in [6.45, 7) is 4.00. The number of hydrogen-bond acceptors (Lipinski definition) is 3. The van der Waals surface area contributed by atoms with Gasteiger partial charge in [0, 0.05) is 0 Å². The van der Waals surface area contributed by atoms with Gasteiger partial charge in [0.25, 0.3) is 5.91 Å². The molecule has 2 rings (SSSR count). The van der Waals surface area contributed by atoms with Gasteiger partial charge in [-0.15, -0.1) is 0 Å². The lowest BCUT2D eigenvalue weighted by atomic mass is 9.88. The van der Waals surface area contributed by atoms with E-state index in [4.69, 9.17) is 5.26 Å². The van der Waals surface area contributed by atoms with Crippen LogP contribution in [0.5, 0.6) is 0 Å². The normalized spacial score (nSPS) is 16.7. The zero-order valence-corrected chi connectivity index (χ0v) is 12.3. The van der Waals surface area contributed by atoms with E-state index in [0.717, 1.165) is 12.8 Å². The van der Waals surface area contributed by atoms with E-state index in [9.17, 15) is 9.59 Å². The standard InChI is InChI=1S/C16H19N3O2/c1-3-9-16(10-4-2)14(20)19(15(21)18-16)13-7-5-12(11-17)6-8-13/h5-8H,3-4,9-10H2,1-2H3,(H,18,21). The molecule has 0 aliphatic carbocycles. The Morgan fingerprint density at radius 2 is 1.71 bits per heavy atom. The van der Waals surface area contributed by atoms with Gasteiger partial charge in [0.05, 0.1) is 17.3 Å². The molecule has 1 aromatic rings. The topological polar surface area (TPSA) is 73.2 Å². The summed E-state index contributed by atoms with van der Waals surface area (Å²) in [4.78, 5) is 26.2. The maximum atomic E-state index is 12.8. The second kappa shape index (κ2) is 5.96. The maximum Gasteiger partial charge on any atom is 0.329 e. The van der Waals surface area contributed by atoms with Crippen LogP contribution in [-0.2, 0) is 4.79 Å². The molecule has 0 aromatic heterocycles. The highest BCUT2D eigenvalue weighted by molar-refractivity contribution is 6.23. The van der Waals surface area contributed by atoms with Crippen LogP contribution in [-0.4, -0.2) is 17.5 Å². The zero-order chi connectivity index (χ0) is 15.5. The van der Waals surface area contributed by atoms with Crippen molar-refractivity contribution in [3.05, 3.63) is 29.8 Å². The monoisotopic (exact) mass is 285 g/mol. The average Bonchev–Trinajstić information content (AvgIpc) is 2.71. The molecule has 0 bridgehead atoms. The van der Waals surface area contributed by atoms with Gasteiger partial charge in [0.15, 0.2) is 0 Å². The van der Waals surface area contributed by atoms with Crippen molar-refractivity contribution < 1.29 is 9.59 Å². The number of nitriles is 1. The molecule has 21 heavy (non-hydrogen) atoms. The van der Waals surface area contributed by atoms with Gasteiger partial charge in [-0.2, -0.15) is 5.26 Å². The van der Waals surface area contributed by atoms with E-state index in [1.807, 2.05) is 19.9 Å². The fraction of sp³-hybridized carbons (Fsp3) is 0.438. The van der Waals surface area contributed by atoms with Crippen molar-refractivity contribution in [3.63, 3.8) is 0 Å². The van der Waals surface area contributed by atoms with Crippen LogP contribution in [0.25, 0.3) is 0 Å².